The van der Waals surface area contributed by atoms with E-state index in [1.54, 1.807) is 0 Å². The predicted octanol–water partition coefficient (Wildman–Crippen LogP) is 3.07. The van der Waals surface area contributed by atoms with E-state index in [1.165, 1.54) is 12.8 Å². The average molecular weight is 203 g/mol. The number of Topliss-reactive ketones (excluding diaryl/α,β-unsaturated/α-hetero) is 1. The monoisotopic (exact) mass is 203 g/mol. The van der Waals surface area contributed by atoms with Gasteiger partial charge in [-0.2, -0.15) is 0 Å². The first-order valence-electron chi connectivity index (χ1n) is 5.67. The molecule has 1 aliphatic carbocycles. The molecule has 1 heterocycles. The van der Waals surface area contributed by atoms with Crippen molar-refractivity contribution in [2.45, 2.75) is 39.5 Å². The first kappa shape index (κ1) is 10.3. The summed E-state index contributed by atoms with van der Waals surface area (Å²) in [6.07, 6.45) is 4.49. The molecule has 80 valence electrons. The van der Waals surface area contributed by atoms with Gasteiger partial charge in [-0.15, -0.1) is 0 Å². The van der Waals surface area contributed by atoms with Gasteiger partial charge < -0.3 is 0 Å². The smallest absolute Gasteiger partial charge is 0.184 e. The summed E-state index contributed by atoms with van der Waals surface area (Å²) in [5.74, 6) is 0.482. The third kappa shape index (κ3) is 2.09. The van der Waals surface area contributed by atoms with E-state index in [2.05, 4.69) is 4.98 Å². The number of carbonyl (C=O) groups is 1. The lowest BCUT2D eigenvalue weighted by atomic mass is 9.99. The van der Waals surface area contributed by atoms with Crippen molar-refractivity contribution in [2.24, 2.45) is 5.92 Å². The average Bonchev–Trinajstić information content (AvgIpc) is 2.74. The van der Waals surface area contributed by atoms with Crippen LogP contribution in [-0.4, -0.2) is 10.8 Å². The first-order chi connectivity index (χ1) is 7.18. The zero-order chi connectivity index (χ0) is 10.8. The molecule has 0 atom stereocenters. The summed E-state index contributed by atoms with van der Waals surface area (Å²) in [4.78, 5) is 16.4. The van der Waals surface area contributed by atoms with E-state index in [0.717, 1.165) is 24.1 Å². The topological polar surface area (TPSA) is 30.0 Å². The van der Waals surface area contributed by atoms with Gasteiger partial charge in [-0.05, 0) is 38.3 Å². The van der Waals surface area contributed by atoms with E-state index >= 15 is 0 Å². The minimum absolute atomic E-state index is 0.236. The summed E-state index contributed by atoms with van der Waals surface area (Å²) in [6, 6.07) is 3.85. The molecule has 1 aliphatic rings. The fraction of sp³-hybridized carbons (Fsp3) is 0.538. The molecule has 0 bridgehead atoms. The fourth-order valence-corrected chi connectivity index (χ4v) is 2.17. The van der Waals surface area contributed by atoms with Gasteiger partial charge in [0.1, 0.15) is 5.69 Å². The molecule has 1 fully saturated rings. The molecule has 15 heavy (non-hydrogen) atoms. The second-order valence-electron chi connectivity index (χ2n) is 4.44. The van der Waals surface area contributed by atoms with E-state index in [0.29, 0.717) is 5.69 Å². The molecule has 0 saturated heterocycles. The summed E-state index contributed by atoms with van der Waals surface area (Å²) in [6.45, 7) is 3.98. The maximum Gasteiger partial charge on any atom is 0.184 e. The highest BCUT2D eigenvalue weighted by molar-refractivity contribution is 5.96. The molecule has 0 aliphatic heterocycles. The number of hydrogen-bond acceptors (Lipinski definition) is 2. The minimum Gasteiger partial charge on any atom is -0.292 e. The fourth-order valence-electron chi connectivity index (χ4n) is 2.17. The second kappa shape index (κ2) is 4.13. The van der Waals surface area contributed by atoms with Crippen LogP contribution < -0.4 is 0 Å². The van der Waals surface area contributed by atoms with Crippen LogP contribution in [0.5, 0.6) is 0 Å². The molecule has 2 heteroatoms. The van der Waals surface area contributed by atoms with Crippen LogP contribution in [0.2, 0.25) is 0 Å². The molecule has 1 saturated carbocycles. The molecule has 2 nitrogen and oxygen atoms in total. The lowest BCUT2D eigenvalue weighted by Crippen LogP contribution is -2.13. The van der Waals surface area contributed by atoms with E-state index in [-0.39, 0.29) is 11.7 Å². The largest absolute Gasteiger partial charge is 0.292 e. The summed E-state index contributed by atoms with van der Waals surface area (Å²) < 4.78 is 0. The van der Waals surface area contributed by atoms with Gasteiger partial charge in [0.05, 0.1) is 0 Å². The summed E-state index contributed by atoms with van der Waals surface area (Å²) in [7, 11) is 0. The third-order valence-corrected chi connectivity index (χ3v) is 3.33. The number of carbonyl (C=O) groups excluding carboxylic acids is 1. The number of nitrogens with zero attached hydrogens (tertiary/aromatic N) is 1. The lowest BCUT2D eigenvalue weighted by molar-refractivity contribution is 0.0917. The maximum absolute atomic E-state index is 12.0. The van der Waals surface area contributed by atoms with Crippen LogP contribution in [0.4, 0.5) is 0 Å². The first-order valence-corrected chi connectivity index (χ1v) is 5.67. The van der Waals surface area contributed by atoms with Crippen molar-refractivity contribution in [3.63, 3.8) is 0 Å². The summed E-state index contributed by atoms with van der Waals surface area (Å²) >= 11 is 0. The Balaban J connectivity index is 2.21. The van der Waals surface area contributed by atoms with Crippen molar-refractivity contribution in [2.75, 3.05) is 0 Å². The Hall–Kier alpha value is -1.18. The number of rotatable bonds is 2. The standard InChI is InChI=1S/C13H17NO/c1-9-7-8-12(14-10(9)2)13(15)11-5-3-4-6-11/h7-8,11H,3-6H2,1-2H3. The number of ketones is 1. The zero-order valence-electron chi connectivity index (χ0n) is 9.42. The van der Waals surface area contributed by atoms with Gasteiger partial charge >= 0.3 is 0 Å². The summed E-state index contributed by atoms with van der Waals surface area (Å²) in [5, 5.41) is 0. The SMILES string of the molecule is Cc1ccc(C(=O)C2CCCC2)nc1C. The number of aromatic nitrogens is 1. The Morgan fingerprint density at radius 3 is 2.53 bits per heavy atom. The normalized spacial score (nSPS) is 16.9. The van der Waals surface area contributed by atoms with Crippen molar-refractivity contribution < 1.29 is 4.79 Å². The molecule has 0 aromatic carbocycles. The van der Waals surface area contributed by atoms with Crippen molar-refractivity contribution >= 4 is 5.78 Å². The molecule has 2 rings (SSSR count). The Morgan fingerprint density at radius 1 is 1.27 bits per heavy atom. The van der Waals surface area contributed by atoms with Crippen LogP contribution in [0.15, 0.2) is 12.1 Å². The van der Waals surface area contributed by atoms with Gasteiger partial charge in [-0.25, -0.2) is 4.98 Å². The maximum atomic E-state index is 12.0. The molecule has 0 unspecified atom stereocenters. The van der Waals surface area contributed by atoms with Crippen molar-refractivity contribution in [1.29, 1.82) is 0 Å². The van der Waals surface area contributed by atoms with E-state index in [1.807, 2.05) is 26.0 Å². The number of hydrogen-bond donors (Lipinski definition) is 0. The summed E-state index contributed by atoms with van der Waals surface area (Å²) in [5.41, 5.74) is 2.78. The molecule has 0 amide bonds. The molecule has 0 N–H and O–H groups in total. The molecule has 0 radical (unpaired) electrons. The molecular formula is C13H17NO. The van der Waals surface area contributed by atoms with E-state index in [9.17, 15) is 4.79 Å². The van der Waals surface area contributed by atoms with Crippen LogP contribution in [0.1, 0.15) is 47.4 Å². The Kier molecular flexibility index (Phi) is 2.85. The highest BCUT2D eigenvalue weighted by atomic mass is 16.1. The van der Waals surface area contributed by atoms with Crippen molar-refractivity contribution in [1.82, 2.24) is 4.98 Å². The second-order valence-corrected chi connectivity index (χ2v) is 4.44. The van der Waals surface area contributed by atoms with Crippen LogP contribution in [0.3, 0.4) is 0 Å². The van der Waals surface area contributed by atoms with E-state index < -0.39 is 0 Å². The van der Waals surface area contributed by atoms with Crippen LogP contribution >= 0.6 is 0 Å². The van der Waals surface area contributed by atoms with Gasteiger partial charge in [0.15, 0.2) is 5.78 Å². The van der Waals surface area contributed by atoms with Gasteiger partial charge in [0.25, 0.3) is 0 Å². The molecule has 0 spiro atoms. The highest BCUT2D eigenvalue weighted by Crippen LogP contribution is 2.27. The zero-order valence-corrected chi connectivity index (χ0v) is 9.42. The number of pyridine rings is 1. The Labute approximate surface area is 90.7 Å². The minimum atomic E-state index is 0.236. The third-order valence-electron chi connectivity index (χ3n) is 3.33. The quantitative estimate of drug-likeness (QED) is 0.691. The molecular weight excluding hydrogens is 186 g/mol. The van der Waals surface area contributed by atoms with Gasteiger partial charge in [0, 0.05) is 11.6 Å². The molecule has 1 aromatic heterocycles. The highest BCUT2D eigenvalue weighted by Gasteiger charge is 2.24. The number of aryl methyl sites for hydroxylation is 2. The lowest BCUT2D eigenvalue weighted by Gasteiger charge is -2.08. The predicted molar refractivity (Wildman–Crippen MR) is 60.0 cm³/mol. The van der Waals surface area contributed by atoms with Gasteiger partial charge in [-0.1, -0.05) is 18.9 Å². The van der Waals surface area contributed by atoms with Crippen molar-refractivity contribution in [3.05, 3.63) is 29.1 Å². The Bertz CT molecular complexity index is 378. The van der Waals surface area contributed by atoms with Crippen LogP contribution in [-0.2, 0) is 0 Å². The van der Waals surface area contributed by atoms with Gasteiger partial charge in [-0.3, -0.25) is 4.79 Å². The van der Waals surface area contributed by atoms with Crippen molar-refractivity contribution in [3.8, 4) is 0 Å². The van der Waals surface area contributed by atoms with Crippen LogP contribution in [0.25, 0.3) is 0 Å². The van der Waals surface area contributed by atoms with Crippen LogP contribution in [0, 0.1) is 19.8 Å². The Morgan fingerprint density at radius 2 is 1.93 bits per heavy atom. The van der Waals surface area contributed by atoms with Gasteiger partial charge in [0.2, 0.25) is 0 Å². The van der Waals surface area contributed by atoms with E-state index in [4.69, 9.17) is 0 Å². The molecule has 1 aromatic rings.